The van der Waals surface area contributed by atoms with Crippen LogP contribution in [0.1, 0.15) is 42.5 Å². The van der Waals surface area contributed by atoms with Gasteiger partial charge in [0.25, 0.3) is 5.91 Å². The number of aromatic hydroxyl groups is 1. The van der Waals surface area contributed by atoms with Gasteiger partial charge >= 0.3 is 0 Å². The number of phenolic OH excluding ortho intramolecular Hbond substituents is 1. The summed E-state index contributed by atoms with van der Waals surface area (Å²) < 4.78 is 0. The second kappa shape index (κ2) is 5.87. The minimum absolute atomic E-state index is 0.140. The molecule has 0 bridgehead atoms. The highest BCUT2D eigenvalue weighted by Crippen LogP contribution is 2.18. The lowest BCUT2D eigenvalue weighted by Gasteiger charge is -2.21. The highest BCUT2D eigenvalue weighted by atomic mass is 16.3. The summed E-state index contributed by atoms with van der Waals surface area (Å²) in [5.41, 5.74) is 0.504. The average molecular weight is 249 g/mol. The van der Waals surface area contributed by atoms with E-state index >= 15 is 0 Å². The van der Waals surface area contributed by atoms with Gasteiger partial charge in [0.15, 0.2) is 0 Å². The third-order valence-corrected chi connectivity index (χ3v) is 3.43. The van der Waals surface area contributed by atoms with Crippen molar-refractivity contribution in [1.29, 1.82) is 0 Å². The Kier molecular flexibility index (Phi) is 4.20. The van der Waals surface area contributed by atoms with E-state index in [1.807, 2.05) is 0 Å². The summed E-state index contributed by atoms with van der Waals surface area (Å²) in [4.78, 5) is 12.0. The van der Waals surface area contributed by atoms with Gasteiger partial charge in [0.2, 0.25) is 0 Å². The molecule has 0 radical (unpaired) electrons. The molecule has 2 atom stereocenters. The minimum atomic E-state index is -0.450. The van der Waals surface area contributed by atoms with E-state index < -0.39 is 6.10 Å². The highest BCUT2D eigenvalue weighted by molar-refractivity contribution is 5.94. The Balaban J connectivity index is 1.99. The first-order chi connectivity index (χ1) is 8.66. The topological polar surface area (TPSA) is 69.6 Å². The number of carbonyl (C=O) groups excluding carboxylic acids is 1. The molecule has 0 aromatic heterocycles. The van der Waals surface area contributed by atoms with Crippen molar-refractivity contribution in [3.63, 3.8) is 0 Å². The Morgan fingerprint density at radius 3 is 2.50 bits per heavy atom. The summed E-state index contributed by atoms with van der Waals surface area (Å²) in [5.74, 6) is -0.0537. The predicted molar refractivity (Wildman–Crippen MR) is 68.5 cm³/mol. The molecule has 0 heterocycles. The Morgan fingerprint density at radius 2 is 1.78 bits per heavy atom. The number of benzene rings is 1. The number of rotatable bonds is 2. The van der Waals surface area contributed by atoms with Gasteiger partial charge in [-0.3, -0.25) is 4.79 Å². The maximum Gasteiger partial charge on any atom is 0.251 e. The number of aliphatic hydroxyl groups is 1. The van der Waals surface area contributed by atoms with Crippen molar-refractivity contribution in [2.75, 3.05) is 0 Å². The van der Waals surface area contributed by atoms with Crippen molar-refractivity contribution in [2.45, 2.75) is 44.2 Å². The van der Waals surface area contributed by atoms with E-state index in [1.165, 1.54) is 12.1 Å². The van der Waals surface area contributed by atoms with Gasteiger partial charge in [0.1, 0.15) is 5.75 Å². The summed E-state index contributed by atoms with van der Waals surface area (Å²) in [6.45, 7) is 0. The lowest BCUT2D eigenvalue weighted by molar-refractivity contribution is 0.0819. The number of hydrogen-bond acceptors (Lipinski definition) is 3. The van der Waals surface area contributed by atoms with E-state index in [2.05, 4.69) is 5.32 Å². The predicted octanol–water partition coefficient (Wildman–Crippen LogP) is 1.82. The molecule has 2 unspecified atom stereocenters. The fourth-order valence-corrected chi connectivity index (χ4v) is 2.32. The second-order valence-corrected chi connectivity index (χ2v) is 4.83. The number of carbonyl (C=O) groups is 1. The molecule has 3 N–H and O–H groups in total. The molecule has 1 aromatic rings. The standard InChI is InChI=1S/C14H19NO3/c16-11-8-6-10(7-9-11)14(18)15-12-4-2-1-3-5-13(12)17/h6-9,12-13,16-17H,1-5H2,(H,15,18). The molecule has 0 spiro atoms. The van der Waals surface area contributed by atoms with Crippen molar-refractivity contribution in [3.05, 3.63) is 29.8 Å². The Bertz CT molecular complexity index is 402. The number of nitrogens with one attached hydrogen (secondary N) is 1. The Hall–Kier alpha value is -1.55. The summed E-state index contributed by atoms with van der Waals surface area (Å²) in [5, 5.41) is 22.0. The zero-order valence-corrected chi connectivity index (χ0v) is 10.3. The highest BCUT2D eigenvalue weighted by Gasteiger charge is 2.23. The second-order valence-electron chi connectivity index (χ2n) is 4.83. The Morgan fingerprint density at radius 1 is 1.11 bits per heavy atom. The quantitative estimate of drug-likeness (QED) is 0.700. The molecule has 2 rings (SSSR count). The largest absolute Gasteiger partial charge is 0.508 e. The summed E-state index contributed by atoms with van der Waals surface area (Å²) in [6, 6.07) is 5.96. The molecule has 1 aromatic carbocycles. The van der Waals surface area contributed by atoms with Crippen molar-refractivity contribution < 1.29 is 15.0 Å². The van der Waals surface area contributed by atoms with Crippen LogP contribution in [0.5, 0.6) is 5.75 Å². The molecule has 1 fully saturated rings. The number of hydrogen-bond donors (Lipinski definition) is 3. The first-order valence-electron chi connectivity index (χ1n) is 6.45. The summed E-state index contributed by atoms with van der Waals surface area (Å²) in [7, 11) is 0. The molecule has 0 aliphatic heterocycles. The SMILES string of the molecule is O=C(NC1CCCCCC1O)c1ccc(O)cc1. The van der Waals surface area contributed by atoms with Crippen LogP contribution >= 0.6 is 0 Å². The molecule has 1 aliphatic carbocycles. The van der Waals surface area contributed by atoms with E-state index in [4.69, 9.17) is 5.11 Å². The van der Waals surface area contributed by atoms with E-state index in [0.29, 0.717) is 5.56 Å². The smallest absolute Gasteiger partial charge is 0.251 e. The lowest BCUT2D eigenvalue weighted by Crippen LogP contribution is -2.42. The first-order valence-corrected chi connectivity index (χ1v) is 6.45. The van der Waals surface area contributed by atoms with Gasteiger partial charge in [-0.25, -0.2) is 0 Å². The molecule has 0 saturated heterocycles. The van der Waals surface area contributed by atoms with Gasteiger partial charge in [0, 0.05) is 5.56 Å². The van der Waals surface area contributed by atoms with Gasteiger partial charge in [-0.05, 0) is 37.1 Å². The van der Waals surface area contributed by atoms with Crippen molar-refractivity contribution in [3.8, 4) is 5.75 Å². The van der Waals surface area contributed by atoms with Crippen LogP contribution in [0, 0.1) is 0 Å². The molecular formula is C14H19NO3. The van der Waals surface area contributed by atoms with Gasteiger partial charge < -0.3 is 15.5 Å². The fraction of sp³-hybridized carbons (Fsp3) is 0.500. The van der Waals surface area contributed by atoms with Crippen LogP contribution in [-0.2, 0) is 0 Å². The monoisotopic (exact) mass is 249 g/mol. The average Bonchev–Trinajstić information content (AvgIpc) is 2.56. The van der Waals surface area contributed by atoms with Crippen molar-refractivity contribution >= 4 is 5.91 Å². The normalized spacial score (nSPS) is 24.3. The molecule has 1 amide bonds. The number of aliphatic hydroxyl groups excluding tert-OH is 1. The van der Waals surface area contributed by atoms with Crippen LogP contribution in [0.3, 0.4) is 0 Å². The third-order valence-electron chi connectivity index (χ3n) is 3.43. The van der Waals surface area contributed by atoms with Crippen molar-refractivity contribution in [2.24, 2.45) is 0 Å². The van der Waals surface area contributed by atoms with Crippen molar-refractivity contribution in [1.82, 2.24) is 5.32 Å². The molecule has 98 valence electrons. The van der Waals surface area contributed by atoms with Crippen LogP contribution in [0.15, 0.2) is 24.3 Å². The fourth-order valence-electron chi connectivity index (χ4n) is 2.32. The van der Waals surface area contributed by atoms with E-state index in [-0.39, 0.29) is 17.7 Å². The van der Waals surface area contributed by atoms with Crippen LogP contribution in [0.4, 0.5) is 0 Å². The van der Waals surface area contributed by atoms with Crippen LogP contribution in [0.25, 0.3) is 0 Å². The molecular weight excluding hydrogens is 230 g/mol. The van der Waals surface area contributed by atoms with Gasteiger partial charge in [0.05, 0.1) is 12.1 Å². The third kappa shape index (κ3) is 3.23. The van der Waals surface area contributed by atoms with E-state index in [1.54, 1.807) is 12.1 Å². The molecule has 4 nitrogen and oxygen atoms in total. The van der Waals surface area contributed by atoms with Crippen LogP contribution in [0.2, 0.25) is 0 Å². The van der Waals surface area contributed by atoms with E-state index in [0.717, 1.165) is 32.1 Å². The van der Waals surface area contributed by atoms with Gasteiger partial charge in [-0.2, -0.15) is 0 Å². The van der Waals surface area contributed by atoms with E-state index in [9.17, 15) is 9.90 Å². The zero-order valence-electron chi connectivity index (χ0n) is 10.3. The lowest BCUT2D eigenvalue weighted by atomic mass is 10.1. The summed E-state index contributed by atoms with van der Waals surface area (Å²) in [6.07, 6.45) is 4.30. The molecule has 4 heteroatoms. The first kappa shape index (κ1) is 12.9. The summed E-state index contributed by atoms with van der Waals surface area (Å²) >= 11 is 0. The Labute approximate surface area is 107 Å². The van der Waals surface area contributed by atoms with Crippen LogP contribution in [-0.4, -0.2) is 28.3 Å². The molecule has 1 aliphatic rings. The maximum absolute atomic E-state index is 12.0. The molecule has 1 saturated carbocycles. The molecule has 18 heavy (non-hydrogen) atoms. The minimum Gasteiger partial charge on any atom is -0.508 e. The number of amides is 1. The maximum atomic E-state index is 12.0. The zero-order chi connectivity index (χ0) is 13.0. The van der Waals surface area contributed by atoms with Gasteiger partial charge in [-0.1, -0.05) is 19.3 Å². The number of phenols is 1. The van der Waals surface area contributed by atoms with Gasteiger partial charge in [-0.15, -0.1) is 0 Å². The van der Waals surface area contributed by atoms with Crippen LogP contribution < -0.4 is 5.32 Å².